The molecule has 0 aliphatic heterocycles. The molecule has 0 fully saturated rings. The summed E-state index contributed by atoms with van der Waals surface area (Å²) in [5.74, 6) is -1.03. The molecular formula is C13H18N2O4. The Kier molecular flexibility index (Phi) is 5.32. The minimum atomic E-state index is -1.24. The number of carbonyl (C=O) groups excluding carboxylic acids is 1. The molecule has 19 heavy (non-hydrogen) atoms. The van der Waals surface area contributed by atoms with Gasteiger partial charge in [-0.05, 0) is 13.1 Å². The van der Waals surface area contributed by atoms with Crippen LogP contribution in [0.15, 0.2) is 24.3 Å². The van der Waals surface area contributed by atoms with E-state index in [1.807, 2.05) is 18.2 Å². The van der Waals surface area contributed by atoms with Crippen molar-refractivity contribution in [1.82, 2.24) is 10.2 Å². The molecule has 1 aromatic rings. The first kappa shape index (κ1) is 15.0. The zero-order valence-electron chi connectivity index (χ0n) is 11.2. The Labute approximate surface area is 112 Å². The van der Waals surface area contributed by atoms with Crippen LogP contribution in [0.25, 0.3) is 0 Å². The molecule has 0 bridgehead atoms. The smallest absolute Gasteiger partial charge is 0.330 e. The van der Waals surface area contributed by atoms with Gasteiger partial charge in [-0.1, -0.05) is 18.2 Å². The lowest BCUT2D eigenvalue weighted by Crippen LogP contribution is -2.48. The number of amides is 1. The van der Waals surface area contributed by atoms with Gasteiger partial charge in [-0.3, -0.25) is 10.1 Å². The van der Waals surface area contributed by atoms with Crippen LogP contribution in [-0.4, -0.2) is 49.1 Å². The molecule has 2 N–H and O–H groups in total. The first-order chi connectivity index (χ1) is 9.01. The summed E-state index contributed by atoms with van der Waals surface area (Å²) >= 11 is 0. The number of hydrogen-bond donors (Lipinski definition) is 2. The Morgan fingerprint density at radius 1 is 1.42 bits per heavy atom. The first-order valence-corrected chi connectivity index (χ1v) is 5.78. The zero-order chi connectivity index (χ0) is 14.4. The van der Waals surface area contributed by atoms with E-state index in [2.05, 4.69) is 5.32 Å². The number of carboxylic acids is 1. The van der Waals surface area contributed by atoms with Gasteiger partial charge in [-0.25, -0.2) is 4.79 Å². The summed E-state index contributed by atoms with van der Waals surface area (Å²) in [5.41, 5.74) is 0.820. The average molecular weight is 266 g/mol. The van der Waals surface area contributed by atoms with Crippen molar-refractivity contribution in [2.24, 2.45) is 0 Å². The molecule has 6 nitrogen and oxygen atoms in total. The predicted molar refractivity (Wildman–Crippen MR) is 70.0 cm³/mol. The highest BCUT2D eigenvalue weighted by molar-refractivity contribution is 6.01. The minimum absolute atomic E-state index is 0.286. The number of methoxy groups -OCH3 is 1. The number of nitrogens with one attached hydrogen (secondary N) is 1. The minimum Gasteiger partial charge on any atom is -0.496 e. The summed E-state index contributed by atoms with van der Waals surface area (Å²) in [7, 11) is 4.55. The number of likely N-dealkylation sites (N-methyl/N-ethyl adjacent to an activating group) is 2. The fraction of sp³-hybridized carbons (Fsp3) is 0.385. The average Bonchev–Trinajstić information content (AvgIpc) is 2.39. The molecule has 1 atom stereocenters. The van der Waals surface area contributed by atoms with E-state index in [1.165, 1.54) is 11.9 Å². The molecule has 0 aromatic heterocycles. The molecule has 0 heterocycles. The van der Waals surface area contributed by atoms with Crippen LogP contribution in [0.4, 0.5) is 0 Å². The number of rotatable bonds is 6. The molecule has 0 spiro atoms. The fourth-order valence-corrected chi connectivity index (χ4v) is 1.74. The van der Waals surface area contributed by atoms with E-state index in [4.69, 9.17) is 9.84 Å². The van der Waals surface area contributed by atoms with Gasteiger partial charge >= 0.3 is 5.97 Å². The topological polar surface area (TPSA) is 78.9 Å². The number of hydrogen-bond acceptors (Lipinski definition) is 4. The van der Waals surface area contributed by atoms with Crippen molar-refractivity contribution in [3.63, 3.8) is 0 Å². The number of para-hydroxylation sites is 1. The van der Waals surface area contributed by atoms with Crippen LogP contribution in [0.3, 0.4) is 0 Å². The second-order valence-electron chi connectivity index (χ2n) is 4.07. The summed E-state index contributed by atoms with van der Waals surface area (Å²) < 4.78 is 5.19. The first-order valence-electron chi connectivity index (χ1n) is 5.78. The van der Waals surface area contributed by atoms with Crippen molar-refractivity contribution in [1.29, 1.82) is 0 Å². The van der Waals surface area contributed by atoms with Crippen LogP contribution in [0.1, 0.15) is 5.56 Å². The molecule has 1 rings (SSSR count). The van der Waals surface area contributed by atoms with Crippen molar-refractivity contribution >= 4 is 11.9 Å². The maximum atomic E-state index is 12.0. The van der Waals surface area contributed by atoms with E-state index in [0.29, 0.717) is 5.75 Å². The van der Waals surface area contributed by atoms with E-state index < -0.39 is 17.9 Å². The van der Waals surface area contributed by atoms with Crippen LogP contribution in [0.2, 0.25) is 0 Å². The Morgan fingerprint density at radius 3 is 2.58 bits per heavy atom. The Morgan fingerprint density at radius 2 is 2.05 bits per heavy atom. The number of carboxylic acid groups (broad SMARTS) is 1. The van der Waals surface area contributed by atoms with E-state index in [-0.39, 0.29) is 6.54 Å². The summed E-state index contributed by atoms with van der Waals surface area (Å²) in [6.07, 6.45) is 0. The van der Waals surface area contributed by atoms with Crippen LogP contribution in [0, 0.1) is 0 Å². The highest BCUT2D eigenvalue weighted by atomic mass is 16.5. The highest BCUT2D eigenvalue weighted by Crippen LogP contribution is 2.18. The van der Waals surface area contributed by atoms with Crippen LogP contribution in [0.5, 0.6) is 5.75 Å². The van der Waals surface area contributed by atoms with Gasteiger partial charge in [0.2, 0.25) is 0 Å². The number of nitrogens with zero attached hydrogens (tertiary/aromatic N) is 1. The number of benzene rings is 1. The third kappa shape index (κ3) is 3.69. The van der Waals surface area contributed by atoms with E-state index in [1.54, 1.807) is 20.2 Å². The fourth-order valence-electron chi connectivity index (χ4n) is 1.74. The van der Waals surface area contributed by atoms with Crippen molar-refractivity contribution in [3.05, 3.63) is 29.8 Å². The lowest BCUT2D eigenvalue weighted by molar-refractivity contribution is -0.147. The molecule has 0 aliphatic carbocycles. The summed E-state index contributed by atoms with van der Waals surface area (Å²) in [4.78, 5) is 24.2. The third-order valence-corrected chi connectivity index (χ3v) is 2.76. The maximum Gasteiger partial charge on any atom is 0.330 e. The summed E-state index contributed by atoms with van der Waals surface area (Å²) in [5, 5.41) is 11.4. The summed E-state index contributed by atoms with van der Waals surface area (Å²) in [6, 6.07) is 6.05. The van der Waals surface area contributed by atoms with E-state index in [9.17, 15) is 9.59 Å². The number of carbonyl (C=O) groups is 2. The van der Waals surface area contributed by atoms with Gasteiger partial charge in [0.15, 0.2) is 6.04 Å². The highest BCUT2D eigenvalue weighted by Gasteiger charge is 2.27. The molecule has 6 heteroatoms. The van der Waals surface area contributed by atoms with E-state index in [0.717, 1.165) is 5.56 Å². The molecule has 0 saturated carbocycles. The zero-order valence-corrected chi connectivity index (χ0v) is 11.2. The Balaban J connectivity index is 2.81. The standard InChI is InChI=1S/C13H18N2O4/c1-14-11(13(17)18)12(16)15(2)8-9-6-4-5-7-10(9)19-3/h4-7,11,14H,8H2,1-3H3,(H,17,18). The maximum absolute atomic E-state index is 12.0. The van der Waals surface area contributed by atoms with Gasteiger partial charge in [0.25, 0.3) is 5.91 Å². The van der Waals surface area contributed by atoms with Crippen molar-refractivity contribution in [2.45, 2.75) is 12.6 Å². The van der Waals surface area contributed by atoms with E-state index >= 15 is 0 Å². The normalized spacial score (nSPS) is 11.7. The van der Waals surface area contributed by atoms with Crippen LogP contribution >= 0.6 is 0 Å². The molecule has 1 unspecified atom stereocenters. The summed E-state index contributed by atoms with van der Waals surface area (Å²) in [6.45, 7) is 0.286. The molecular weight excluding hydrogens is 248 g/mol. The lowest BCUT2D eigenvalue weighted by Gasteiger charge is -2.22. The quantitative estimate of drug-likeness (QED) is 0.725. The largest absolute Gasteiger partial charge is 0.496 e. The monoisotopic (exact) mass is 266 g/mol. The Bertz CT molecular complexity index is 462. The SMILES string of the molecule is CNC(C(=O)O)C(=O)N(C)Cc1ccccc1OC. The van der Waals surface area contributed by atoms with Crippen molar-refractivity contribution in [3.8, 4) is 5.75 Å². The van der Waals surface area contributed by atoms with Gasteiger partial charge in [0.05, 0.1) is 7.11 Å². The lowest BCUT2D eigenvalue weighted by atomic mass is 10.1. The molecule has 1 amide bonds. The molecule has 0 aliphatic rings. The second-order valence-corrected chi connectivity index (χ2v) is 4.07. The van der Waals surface area contributed by atoms with Crippen LogP contribution in [-0.2, 0) is 16.1 Å². The van der Waals surface area contributed by atoms with Crippen molar-refractivity contribution in [2.75, 3.05) is 21.2 Å². The number of ether oxygens (including phenoxy) is 1. The molecule has 1 aromatic carbocycles. The number of aliphatic carboxylic acids is 1. The van der Waals surface area contributed by atoms with Crippen LogP contribution < -0.4 is 10.1 Å². The molecule has 0 saturated heterocycles. The molecule has 104 valence electrons. The van der Waals surface area contributed by atoms with Gasteiger partial charge < -0.3 is 14.7 Å². The molecule has 0 radical (unpaired) electrons. The van der Waals surface area contributed by atoms with Gasteiger partial charge in [0, 0.05) is 19.2 Å². The second kappa shape index (κ2) is 6.75. The van der Waals surface area contributed by atoms with Gasteiger partial charge in [-0.15, -0.1) is 0 Å². The third-order valence-electron chi connectivity index (χ3n) is 2.76. The predicted octanol–water partition coefficient (Wildman–Crippen LogP) is 0.326. The van der Waals surface area contributed by atoms with Crippen molar-refractivity contribution < 1.29 is 19.4 Å². The van der Waals surface area contributed by atoms with Gasteiger partial charge in [-0.2, -0.15) is 0 Å². The van der Waals surface area contributed by atoms with Gasteiger partial charge in [0.1, 0.15) is 5.75 Å². The Hall–Kier alpha value is -2.08.